The topological polar surface area (TPSA) is 105 Å². The van der Waals surface area contributed by atoms with E-state index in [1.807, 2.05) is 0 Å². The minimum atomic E-state index is -3.84. The van der Waals surface area contributed by atoms with Crippen molar-refractivity contribution in [2.75, 3.05) is 26.1 Å². The Balaban J connectivity index is 3.21. The van der Waals surface area contributed by atoms with Crippen molar-refractivity contribution in [2.45, 2.75) is 17.9 Å². The van der Waals surface area contributed by atoms with E-state index in [-0.39, 0.29) is 17.1 Å². The molecule has 0 bridgehead atoms. The number of carboxylic acid groups (broad SMARTS) is 1. The Bertz CT molecular complexity index is 586. The fraction of sp³-hybridized carbons (Fsp3) is 0.417. The first-order valence-electron chi connectivity index (χ1n) is 5.88. The van der Waals surface area contributed by atoms with Crippen LogP contribution in [0.4, 0.5) is 5.69 Å². The van der Waals surface area contributed by atoms with Crippen molar-refractivity contribution in [3.8, 4) is 0 Å². The van der Waals surface area contributed by atoms with Gasteiger partial charge in [-0.1, -0.05) is 0 Å². The first-order chi connectivity index (χ1) is 9.31. The lowest BCUT2D eigenvalue weighted by Gasteiger charge is -2.16. The summed E-state index contributed by atoms with van der Waals surface area (Å²) in [7, 11) is -0.806. The van der Waals surface area contributed by atoms with Crippen LogP contribution in [0.2, 0.25) is 0 Å². The van der Waals surface area contributed by atoms with Crippen molar-refractivity contribution < 1.29 is 23.1 Å². The standard InChI is InChI=1S/C12H18N2O5S/c1-8(7-19-3)14-20(17,18)11-6-9(12(15)16)4-5-10(11)13-2/h4-6,8,13-14H,7H2,1-3H3,(H,15,16)/t8-/m0/s1. The molecule has 1 aromatic rings. The van der Waals surface area contributed by atoms with Crippen LogP contribution < -0.4 is 10.0 Å². The molecule has 1 rings (SSSR count). The highest BCUT2D eigenvalue weighted by molar-refractivity contribution is 7.89. The lowest BCUT2D eigenvalue weighted by atomic mass is 10.2. The summed E-state index contributed by atoms with van der Waals surface area (Å²) in [6, 6.07) is 3.45. The Labute approximate surface area is 118 Å². The maximum atomic E-state index is 12.3. The number of anilines is 1. The molecule has 0 amide bonds. The Kier molecular flexibility index (Phi) is 5.49. The molecule has 0 heterocycles. The van der Waals surface area contributed by atoms with Crippen LogP contribution in [-0.4, -0.2) is 46.3 Å². The number of carbonyl (C=O) groups is 1. The van der Waals surface area contributed by atoms with Gasteiger partial charge in [-0.05, 0) is 25.1 Å². The molecule has 1 aromatic carbocycles. The quantitative estimate of drug-likeness (QED) is 0.686. The summed E-state index contributed by atoms with van der Waals surface area (Å²) in [5.74, 6) is -1.19. The monoisotopic (exact) mass is 302 g/mol. The second-order valence-electron chi connectivity index (χ2n) is 4.24. The molecular formula is C12H18N2O5S. The zero-order valence-electron chi connectivity index (χ0n) is 11.5. The molecular weight excluding hydrogens is 284 g/mol. The lowest BCUT2D eigenvalue weighted by molar-refractivity contribution is 0.0696. The summed E-state index contributed by atoms with van der Waals surface area (Å²) in [5.41, 5.74) is 0.232. The molecule has 0 aliphatic heterocycles. The summed E-state index contributed by atoms with van der Waals surface area (Å²) < 4.78 is 31.8. The zero-order chi connectivity index (χ0) is 15.3. The predicted octanol–water partition coefficient (Wildman–Crippen LogP) is 0.740. The first kappa shape index (κ1) is 16.4. The van der Waals surface area contributed by atoms with Gasteiger partial charge in [0.15, 0.2) is 0 Å². The summed E-state index contributed by atoms with van der Waals surface area (Å²) in [5, 5.41) is 11.7. The molecule has 0 aliphatic carbocycles. The fourth-order valence-electron chi connectivity index (χ4n) is 1.70. The third-order valence-corrected chi connectivity index (χ3v) is 4.19. The molecule has 0 spiro atoms. The summed E-state index contributed by atoms with van der Waals surface area (Å²) in [6.07, 6.45) is 0. The molecule has 0 aromatic heterocycles. The van der Waals surface area contributed by atoms with Crippen LogP contribution in [-0.2, 0) is 14.8 Å². The van der Waals surface area contributed by atoms with Crippen LogP contribution in [0.25, 0.3) is 0 Å². The number of rotatable bonds is 7. The van der Waals surface area contributed by atoms with Crippen molar-refractivity contribution in [3.05, 3.63) is 23.8 Å². The average Bonchev–Trinajstić information content (AvgIpc) is 2.37. The first-order valence-corrected chi connectivity index (χ1v) is 7.36. The molecule has 112 valence electrons. The molecule has 3 N–H and O–H groups in total. The number of nitrogens with one attached hydrogen (secondary N) is 2. The van der Waals surface area contributed by atoms with Crippen LogP contribution in [0.5, 0.6) is 0 Å². The van der Waals surface area contributed by atoms with E-state index in [1.54, 1.807) is 14.0 Å². The van der Waals surface area contributed by atoms with Gasteiger partial charge < -0.3 is 15.2 Å². The molecule has 7 nitrogen and oxygen atoms in total. The molecule has 20 heavy (non-hydrogen) atoms. The van der Waals surface area contributed by atoms with Crippen LogP contribution in [0.15, 0.2) is 23.1 Å². The largest absolute Gasteiger partial charge is 0.478 e. The number of hydrogen-bond donors (Lipinski definition) is 3. The van der Waals surface area contributed by atoms with Gasteiger partial charge in [-0.2, -0.15) is 0 Å². The Hall–Kier alpha value is -1.64. The minimum Gasteiger partial charge on any atom is -0.478 e. The maximum Gasteiger partial charge on any atom is 0.335 e. The van der Waals surface area contributed by atoms with Crippen LogP contribution in [0.1, 0.15) is 17.3 Å². The van der Waals surface area contributed by atoms with E-state index in [4.69, 9.17) is 9.84 Å². The van der Waals surface area contributed by atoms with Gasteiger partial charge >= 0.3 is 5.97 Å². The van der Waals surface area contributed by atoms with Crippen LogP contribution >= 0.6 is 0 Å². The molecule has 8 heteroatoms. The second kappa shape index (κ2) is 6.69. The highest BCUT2D eigenvalue weighted by atomic mass is 32.2. The minimum absolute atomic E-state index is 0.0937. The van der Waals surface area contributed by atoms with E-state index >= 15 is 0 Å². The Morgan fingerprint density at radius 2 is 2.10 bits per heavy atom. The molecule has 0 fully saturated rings. The average molecular weight is 302 g/mol. The van der Waals surface area contributed by atoms with Gasteiger partial charge in [0.05, 0.1) is 17.9 Å². The number of carboxylic acids is 1. The SMILES string of the molecule is CNc1ccc(C(=O)O)cc1S(=O)(=O)N[C@@H](C)COC. The molecule has 0 saturated heterocycles. The number of hydrogen-bond acceptors (Lipinski definition) is 5. The van der Waals surface area contributed by atoms with E-state index < -0.39 is 22.0 Å². The van der Waals surface area contributed by atoms with Crippen molar-refractivity contribution in [2.24, 2.45) is 0 Å². The number of benzene rings is 1. The van der Waals surface area contributed by atoms with Crippen molar-refractivity contribution in [1.82, 2.24) is 4.72 Å². The summed E-state index contributed by atoms with van der Waals surface area (Å²) in [6.45, 7) is 1.87. The van der Waals surface area contributed by atoms with Crippen molar-refractivity contribution in [1.29, 1.82) is 0 Å². The molecule has 0 unspecified atom stereocenters. The molecule has 0 aliphatic rings. The predicted molar refractivity (Wildman–Crippen MR) is 74.6 cm³/mol. The number of aromatic carboxylic acids is 1. The molecule has 0 saturated carbocycles. The smallest absolute Gasteiger partial charge is 0.335 e. The number of methoxy groups -OCH3 is 1. The summed E-state index contributed by atoms with van der Waals surface area (Å²) >= 11 is 0. The van der Waals surface area contributed by atoms with Gasteiger partial charge in [0, 0.05) is 20.2 Å². The van der Waals surface area contributed by atoms with E-state index in [0.717, 1.165) is 6.07 Å². The highest BCUT2D eigenvalue weighted by Gasteiger charge is 2.22. The fourth-order valence-corrected chi connectivity index (χ4v) is 3.16. The third-order valence-electron chi connectivity index (χ3n) is 2.56. The summed E-state index contributed by atoms with van der Waals surface area (Å²) in [4.78, 5) is 10.8. The maximum absolute atomic E-state index is 12.3. The molecule has 0 radical (unpaired) electrons. The Morgan fingerprint density at radius 1 is 1.45 bits per heavy atom. The third kappa shape index (κ3) is 3.92. The van der Waals surface area contributed by atoms with Gasteiger partial charge in [0.25, 0.3) is 0 Å². The number of ether oxygens (including phenoxy) is 1. The Morgan fingerprint density at radius 3 is 2.60 bits per heavy atom. The van der Waals surface area contributed by atoms with Crippen molar-refractivity contribution in [3.63, 3.8) is 0 Å². The van der Waals surface area contributed by atoms with Crippen molar-refractivity contribution >= 4 is 21.7 Å². The molecule has 1 atom stereocenters. The van der Waals surface area contributed by atoms with Crippen LogP contribution in [0.3, 0.4) is 0 Å². The van der Waals surface area contributed by atoms with Gasteiger partial charge in [0.1, 0.15) is 4.90 Å². The van der Waals surface area contributed by atoms with Gasteiger partial charge in [-0.15, -0.1) is 0 Å². The van der Waals surface area contributed by atoms with Gasteiger partial charge in [0.2, 0.25) is 10.0 Å². The highest BCUT2D eigenvalue weighted by Crippen LogP contribution is 2.22. The van der Waals surface area contributed by atoms with Gasteiger partial charge in [-0.25, -0.2) is 17.9 Å². The second-order valence-corrected chi connectivity index (χ2v) is 5.93. The normalized spacial score (nSPS) is 12.9. The lowest BCUT2D eigenvalue weighted by Crippen LogP contribution is -2.36. The van der Waals surface area contributed by atoms with Gasteiger partial charge in [-0.3, -0.25) is 0 Å². The van der Waals surface area contributed by atoms with E-state index in [9.17, 15) is 13.2 Å². The van der Waals surface area contributed by atoms with E-state index in [2.05, 4.69) is 10.0 Å². The van der Waals surface area contributed by atoms with E-state index in [1.165, 1.54) is 19.2 Å². The number of sulfonamides is 1. The van der Waals surface area contributed by atoms with E-state index in [0.29, 0.717) is 5.69 Å². The zero-order valence-corrected chi connectivity index (χ0v) is 12.3. The van der Waals surface area contributed by atoms with Crippen LogP contribution in [0, 0.1) is 0 Å².